The maximum Gasteiger partial charge on any atom is 0.337 e. The molecule has 2 N–H and O–H groups in total. The topological polar surface area (TPSA) is 84.1 Å². The zero-order valence-corrected chi connectivity index (χ0v) is 14.4. The summed E-state index contributed by atoms with van der Waals surface area (Å²) in [6.07, 6.45) is 3.63. The molecule has 1 aromatic heterocycles. The minimum Gasteiger partial charge on any atom is -0.465 e. The molecule has 0 unspecified atom stereocenters. The molecule has 1 aliphatic carbocycles. The lowest BCUT2D eigenvalue weighted by molar-refractivity contribution is 0.0600. The van der Waals surface area contributed by atoms with Gasteiger partial charge in [-0.15, -0.1) is 0 Å². The van der Waals surface area contributed by atoms with Gasteiger partial charge in [0.1, 0.15) is 5.82 Å². The molecule has 0 saturated heterocycles. The van der Waals surface area contributed by atoms with Crippen LogP contribution in [0.25, 0.3) is 11.0 Å². The van der Waals surface area contributed by atoms with Gasteiger partial charge < -0.3 is 15.0 Å². The molecule has 132 valence electrons. The third-order valence-corrected chi connectivity index (χ3v) is 4.82. The van der Waals surface area contributed by atoms with Crippen molar-refractivity contribution >= 4 is 28.6 Å². The number of imidazole rings is 1. The van der Waals surface area contributed by atoms with Crippen LogP contribution in [0.5, 0.6) is 0 Å². The van der Waals surface area contributed by atoms with Crippen LogP contribution < -0.4 is 5.32 Å². The fraction of sp³-hybridized carbons (Fsp3) is 0.250. The Labute approximate surface area is 150 Å². The number of H-pyrrole nitrogens is 1. The second kappa shape index (κ2) is 6.63. The number of anilines is 1. The average Bonchev–Trinajstić information content (AvgIpc) is 3.02. The van der Waals surface area contributed by atoms with Crippen LogP contribution in [0.4, 0.5) is 5.69 Å². The Kier molecular flexibility index (Phi) is 4.16. The largest absolute Gasteiger partial charge is 0.465 e. The van der Waals surface area contributed by atoms with Gasteiger partial charge in [0.25, 0.3) is 5.91 Å². The molecule has 0 radical (unpaired) electrons. The molecule has 2 aromatic carbocycles. The number of carbonyl (C=O) groups excluding carboxylic acids is 2. The Morgan fingerprint density at radius 2 is 1.85 bits per heavy atom. The van der Waals surface area contributed by atoms with Crippen LogP contribution >= 0.6 is 0 Å². The second-order valence-electron chi connectivity index (χ2n) is 6.50. The Bertz CT molecular complexity index is 972. The summed E-state index contributed by atoms with van der Waals surface area (Å²) in [5.41, 5.74) is 3.41. The Morgan fingerprint density at radius 1 is 1.12 bits per heavy atom. The first-order chi connectivity index (χ1) is 12.6. The van der Waals surface area contributed by atoms with Crippen molar-refractivity contribution in [1.82, 2.24) is 9.97 Å². The van der Waals surface area contributed by atoms with Crippen LogP contribution in [0.1, 0.15) is 51.7 Å². The summed E-state index contributed by atoms with van der Waals surface area (Å²) >= 11 is 0. The molecule has 1 amide bonds. The van der Waals surface area contributed by atoms with E-state index in [0.29, 0.717) is 22.7 Å². The number of nitrogens with one attached hydrogen (secondary N) is 2. The number of nitrogens with zero attached hydrogens (tertiary/aromatic N) is 1. The molecule has 1 aliphatic rings. The predicted molar refractivity (Wildman–Crippen MR) is 98.4 cm³/mol. The number of benzene rings is 2. The molecule has 0 atom stereocenters. The van der Waals surface area contributed by atoms with Gasteiger partial charge in [-0.05, 0) is 55.3 Å². The van der Waals surface area contributed by atoms with E-state index in [0.717, 1.165) is 16.9 Å². The van der Waals surface area contributed by atoms with E-state index in [1.165, 1.54) is 26.4 Å². The molecule has 4 rings (SSSR count). The zero-order chi connectivity index (χ0) is 18.1. The Hall–Kier alpha value is -3.15. The fourth-order valence-corrected chi connectivity index (χ4v) is 3.06. The summed E-state index contributed by atoms with van der Waals surface area (Å²) in [5.74, 6) is 0.908. The number of aromatic amines is 1. The van der Waals surface area contributed by atoms with Crippen molar-refractivity contribution in [3.63, 3.8) is 0 Å². The molecule has 0 spiro atoms. The first kappa shape index (κ1) is 16.3. The summed E-state index contributed by atoms with van der Waals surface area (Å²) < 4.78 is 4.66. The van der Waals surface area contributed by atoms with Gasteiger partial charge in [-0.25, -0.2) is 9.78 Å². The summed E-state index contributed by atoms with van der Waals surface area (Å²) in [5, 5.41) is 2.88. The number of aromatic nitrogens is 2. The van der Waals surface area contributed by atoms with E-state index in [4.69, 9.17) is 0 Å². The lowest BCUT2D eigenvalue weighted by atomic mass is 9.85. The minimum atomic E-state index is -0.427. The molecular formula is C20H19N3O3. The summed E-state index contributed by atoms with van der Waals surface area (Å²) in [4.78, 5) is 31.9. The van der Waals surface area contributed by atoms with Crippen LogP contribution in [0, 0.1) is 0 Å². The monoisotopic (exact) mass is 349 g/mol. The van der Waals surface area contributed by atoms with E-state index >= 15 is 0 Å². The van der Waals surface area contributed by atoms with Crippen molar-refractivity contribution in [2.75, 3.05) is 12.4 Å². The maximum atomic E-state index is 12.4. The van der Waals surface area contributed by atoms with Crippen molar-refractivity contribution in [3.05, 3.63) is 59.4 Å². The van der Waals surface area contributed by atoms with E-state index in [-0.39, 0.29) is 5.91 Å². The van der Waals surface area contributed by atoms with Gasteiger partial charge in [-0.1, -0.05) is 6.42 Å². The van der Waals surface area contributed by atoms with Crippen molar-refractivity contribution in [2.24, 2.45) is 0 Å². The molecule has 1 saturated carbocycles. The van der Waals surface area contributed by atoms with Crippen LogP contribution in [-0.2, 0) is 4.74 Å². The van der Waals surface area contributed by atoms with Crippen LogP contribution in [0.3, 0.4) is 0 Å². The van der Waals surface area contributed by atoms with E-state index in [1.807, 2.05) is 18.2 Å². The summed E-state index contributed by atoms with van der Waals surface area (Å²) in [6, 6.07) is 12.0. The molecule has 1 heterocycles. The number of esters is 1. The van der Waals surface area contributed by atoms with Gasteiger partial charge in [-0.3, -0.25) is 4.79 Å². The first-order valence-electron chi connectivity index (χ1n) is 8.63. The van der Waals surface area contributed by atoms with E-state index < -0.39 is 5.97 Å². The van der Waals surface area contributed by atoms with Crippen molar-refractivity contribution in [2.45, 2.75) is 25.2 Å². The van der Waals surface area contributed by atoms with Gasteiger partial charge in [0.2, 0.25) is 0 Å². The number of methoxy groups -OCH3 is 1. The molecule has 0 bridgehead atoms. The van der Waals surface area contributed by atoms with Crippen molar-refractivity contribution < 1.29 is 14.3 Å². The second-order valence-corrected chi connectivity index (χ2v) is 6.50. The standard InChI is InChI=1S/C20H19N3O3/c1-26-20(25)14-7-5-13(6-8-14)19(24)21-15-9-10-16-17(11-15)23-18(22-16)12-3-2-4-12/h5-12H,2-4H2,1H3,(H,21,24)(H,22,23). The fourth-order valence-electron chi connectivity index (χ4n) is 3.06. The highest BCUT2D eigenvalue weighted by molar-refractivity contribution is 6.05. The number of fused-ring (bicyclic) bond motifs is 1. The van der Waals surface area contributed by atoms with Crippen LogP contribution in [0.15, 0.2) is 42.5 Å². The molecule has 0 aliphatic heterocycles. The van der Waals surface area contributed by atoms with Gasteiger partial charge in [-0.2, -0.15) is 0 Å². The van der Waals surface area contributed by atoms with E-state index in [2.05, 4.69) is 20.0 Å². The van der Waals surface area contributed by atoms with Crippen molar-refractivity contribution in [3.8, 4) is 0 Å². The number of hydrogen-bond donors (Lipinski definition) is 2. The van der Waals surface area contributed by atoms with Gasteiger partial charge in [0.15, 0.2) is 0 Å². The first-order valence-corrected chi connectivity index (χ1v) is 8.63. The smallest absolute Gasteiger partial charge is 0.337 e. The third kappa shape index (κ3) is 3.06. The van der Waals surface area contributed by atoms with Crippen LogP contribution in [-0.4, -0.2) is 29.0 Å². The van der Waals surface area contributed by atoms with Gasteiger partial charge in [0.05, 0.1) is 23.7 Å². The molecule has 3 aromatic rings. The number of amides is 1. The molecule has 26 heavy (non-hydrogen) atoms. The van der Waals surface area contributed by atoms with E-state index in [9.17, 15) is 9.59 Å². The number of ether oxygens (including phenoxy) is 1. The predicted octanol–water partition coefficient (Wildman–Crippen LogP) is 3.87. The number of rotatable bonds is 4. The van der Waals surface area contributed by atoms with Crippen molar-refractivity contribution in [1.29, 1.82) is 0 Å². The Morgan fingerprint density at radius 3 is 2.50 bits per heavy atom. The molecule has 6 heteroatoms. The molecule has 6 nitrogen and oxygen atoms in total. The number of carbonyl (C=O) groups is 2. The SMILES string of the molecule is COC(=O)c1ccc(C(=O)Nc2ccc3nc(C4CCC4)[nH]c3c2)cc1. The quantitative estimate of drug-likeness (QED) is 0.700. The summed E-state index contributed by atoms with van der Waals surface area (Å²) in [7, 11) is 1.32. The van der Waals surface area contributed by atoms with E-state index in [1.54, 1.807) is 24.3 Å². The van der Waals surface area contributed by atoms with Gasteiger partial charge in [0, 0.05) is 17.2 Å². The highest BCUT2D eigenvalue weighted by Gasteiger charge is 2.22. The highest BCUT2D eigenvalue weighted by atomic mass is 16.5. The zero-order valence-electron chi connectivity index (χ0n) is 14.4. The molecular weight excluding hydrogens is 330 g/mol. The lowest BCUT2D eigenvalue weighted by Gasteiger charge is -2.22. The number of hydrogen-bond acceptors (Lipinski definition) is 4. The van der Waals surface area contributed by atoms with Crippen LogP contribution in [0.2, 0.25) is 0 Å². The highest BCUT2D eigenvalue weighted by Crippen LogP contribution is 2.35. The molecule has 1 fully saturated rings. The lowest BCUT2D eigenvalue weighted by Crippen LogP contribution is -2.12. The average molecular weight is 349 g/mol. The normalized spacial score (nSPS) is 14.0. The summed E-state index contributed by atoms with van der Waals surface area (Å²) in [6.45, 7) is 0. The Balaban J connectivity index is 1.50. The maximum absolute atomic E-state index is 12.4. The van der Waals surface area contributed by atoms with Gasteiger partial charge >= 0.3 is 5.97 Å². The minimum absolute atomic E-state index is 0.237. The third-order valence-electron chi connectivity index (χ3n) is 4.82.